The van der Waals surface area contributed by atoms with Crippen molar-refractivity contribution in [3.8, 4) is 5.75 Å². The van der Waals surface area contributed by atoms with Gasteiger partial charge in [-0.15, -0.1) is 11.8 Å². The smallest absolute Gasteiger partial charge is 0.362 e. The topological polar surface area (TPSA) is 205 Å². The van der Waals surface area contributed by atoms with E-state index < -0.39 is 37.3 Å². The van der Waals surface area contributed by atoms with Crippen molar-refractivity contribution in [3.05, 3.63) is 83.0 Å². The van der Waals surface area contributed by atoms with Crippen molar-refractivity contribution in [1.29, 1.82) is 0 Å². The molecule has 3 aromatic carbocycles. The predicted molar refractivity (Wildman–Crippen MR) is 265 cm³/mol. The molecule has 8 rings (SSSR count). The number of hydrogen-bond acceptors (Lipinski definition) is 16. The Hall–Kier alpha value is -5.56. The third-order valence-corrected chi connectivity index (χ3v) is 16.5. The number of thioether (sulfide) groups is 1. The monoisotopic (exact) mass is 1000 g/mol. The maximum atomic E-state index is 13.4. The maximum absolute atomic E-state index is 13.4. The van der Waals surface area contributed by atoms with Gasteiger partial charge in [0.1, 0.15) is 16.8 Å². The first-order valence-electron chi connectivity index (χ1n) is 23.2. The Bertz CT molecular complexity index is 2620. The van der Waals surface area contributed by atoms with Gasteiger partial charge in [0, 0.05) is 89.0 Å². The molecule has 69 heavy (non-hydrogen) atoms. The number of ether oxygens (including phenoxy) is 1. The van der Waals surface area contributed by atoms with E-state index in [4.69, 9.17) is 25.4 Å². The maximum Gasteiger partial charge on any atom is 0.362 e. The number of nitrogens with zero attached hydrogens (tertiary/aromatic N) is 6. The summed E-state index contributed by atoms with van der Waals surface area (Å²) in [4.78, 5) is 81.4. The van der Waals surface area contributed by atoms with E-state index in [1.165, 1.54) is 32.2 Å². The number of carbonyl (C=O) groups is 5. The van der Waals surface area contributed by atoms with E-state index in [9.17, 15) is 28.5 Å². The molecule has 3 N–H and O–H groups in total. The number of imide groups is 2. The number of nitrogens with one attached hydrogen (secondary N) is 3. The molecule has 366 valence electrons. The predicted octanol–water partition coefficient (Wildman–Crippen LogP) is 6.99. The average molecular weight is 1000 g/mol. The van der Waals surface area contributed by atoms with Gasteiger partial charge in [-0.25, -0.2) is 4.98 Å². The lowest BCUT2D eigenvalue weighted by molar-refractivity contribution is -0.136. The highest BCUT2D eigenvalue weighted by Gasteiger charge is 2.45. The number of para-hydroxylation sites is 1. The van der Waals surface area contributed by atoms with Crippen LogP contribution < -0.4 is 30.9 Å². The molecule has 0 bridgehead atoms. The minimum absolute atomic E-state index is 0.0793. The highest BCUT2D eigenvalue weighted by molar-refractivity contribution is 7.99. The molecule has 0 spiro atoms. The van der Waals surface area contributed by atoms with Crippen LogP contribution in [-0.2, 0) is 28.0 Å². The van der Waals surface area contributed by atoms with Crippen molar-refractivity contribution in [2.24, 2.45) is 0 Å². The number of piperazine rings is 1. The number of halogens is 1. The van der Waals surface area contributed by atoms with Crippen LogP contribution in [0.5, 0.6) is 5.75 Å². The lowest BCUT2D eigenvalue weighted by Crippen LogP contribution is -2.54. The van der Waals surface area contributed by atoms with Crippen molar-refractivity contribution in [2.45, 2.75) is 74.8 Å². The van der Waals surface area contributed by atoms with Crippen LogP contribution >= 0.6 is 31.0 Å². The van der Waals surface area contributed by atoms with Gasteiger partial charge in [0.25, 0.3) is 11.8 Å². The Kier molecular flexibility index (Phi) is 16.2. The molecule has 3 saturated heterocycles. The summed E-state index contributed by atoms with van der Waals surface area (Å²) in [6.07, 6.45) is 7.80. The fraction of sp³-hybridized carbons (Fsp3) is 0.438. The lowest BCUT2D eigenvalue weighted by Gasteiger charge is -2.43. The minimum Gasteiger partial charge on any atom is -0.494 e. The number of unbranched alkanes of at least 4 members (excludes halogenated alkanes) is 3. The van der Waals surface area contributed by atoms with Gasteiger partial charge in [0.2, 0.25) is 23.7 Å². The van der Waals surface area contributed by atoms with Crippen LogP contribution in [0.15, 0.2) is 71.8 Å². The van der Waals surface area contributed by atoms with Crippen LogP contribution in [-0.4, -0.2) is 133 Å². The Morgan fingerprint density at radius 2 is 1.61 bits per heavy atom. The molecule has 5 amide bonds. The highest BCUT2D eigenvalue weighted by atomic mass is 35.5. The number of anilines is 5. The fourth-order valence-electron chi connectivity index (χ4n) is 9.33. The van der Waals surface area contributed by atoms with E-state index in [1.807, 2.05) is 23.1 Å². The van der Waals surface area contributed by atoms with Crippen LogP contribution in [0.3, 0.4) is 0 Å². The Labute approximate surface area is 410 Å². The molecule has 4 aromatic rings. The second-order valence-electron chi connectivity index (χ2n) is 17.2. The zero-order chi connectivity index (χ0) is 48.7. The quantitative estimate of drug-likeness (QED) is 0.0375. The van der Waals surface area contributed by atoms with Gasteiger partial charge in [-0.3, -0.25) is 43.7 Å². The molecule has 1 aromatic heterocycles. The molecule has 0 saturated carbocycles. The van der Waals surface area contributed by atoms with E-state index in [0.717, 1.165) is 94.1 Å². The molecule has 0 aliphatic carbocycles. The zero-order valence-electron chi connectivity index (χ0n) is 38.9. The number of amides is 5. The molecule has 1 atom stereocenters. The summed E-state index contributed by atoms with van der Waals surface area (Å²) < 4.78 is 29.5. The molecular formula is C48H57ClN9O9PS. The Morgan fingerprint density at radius 1 is 0.855 bits per heavy atom. The first-order valence-corrected chi connectivity index (χ1v) is 26.1. The summed E-state index contributed by atoms with van der Waals surface area (Å²) in [5.41, 5.74) is 2.80. The van der Waals surface area contributed by atoms with Gasteiger partial charge in [-0.2, -0.15) is 4.98 Å². The third kappa shape index (κ3) is 11.2. The number of benzene rings is 3. The number of hydrogen-bond donors (Lipinski definition) is 3. The van der Waals surface area contributed by atoms with Gasteiger partial charge < -0.3 is 34.2 Å². The zero-order valence-corrected chi connectivity index (χ0v) is 41.4. The third-order valence-electron chi connectivity index (χ3n) is 13.1. The molecule has 4 aliphatic heterocycles. The van der Waals surface area contributed by atoms with E-state index in [0.29, 0.717) is 56.7 Å². The number of aromatic nitrogens is 2. The van der Waals surface area contributed by atoms with Crippen LogP contribution in [0.4, 0.5) is 28.8 Å². The second-order valence-corrected chi connectivity index (χ2v) is 20.9. The number of piperidine rings is 2. The number of methoxy groups -OCH3 is 1. The van der Waals surface area contributed by atoms with Gasteiger partial charge in [0.15, 0.2) is 5.82 Å². The summed E-state index contributed by atoms with van der Waals surface area (Å²) in [5, 5.41) is 9.22. The molecule has 21 heteroatoms. The summed E-state index contributed by atoms with van der Waals surface area (Å²) in [6, 6.07) is 17.6. The molecule has 18 nitrogen and oxygen atoms in total. The molecule has 3 fully saturated rings. The lowest BCUT2D eigenvalue weighted by atomic mass is 10.0. The largest absolute Gasteiger partial charge is 0.494 e. The highest BCUT2D eigenvalue weighted by Crippen LogP contribution is 2.47. The van der Waals surface area contributed by atoms with Crippen LogP contribution in [0.1, 0.15) is 78.5 Å². The number of carbonyl (C=O) groups excluding carboxylic acids is 5. The van der Waals surface area contributed by atoms with Gasteiger partial charge in [-0.05, 0) is 74.3 Å². The minimum atomic E-state index is -3.58. The molecule has 1 unspecified atom stereocenters. The van der Waals surface area contributed by atoms with Gasteiger partial charge >= 0.3 is 7.60 Å². The van der Waals surface area contributed by atoms with E-state index in [2.05, 4.69) is 41.8 Å². The van der Waals surface area contributed by atoms with E-state index in [-0.39, 0.29) is 29.7 Å². The number of fused-ring (bicyclic) bond motifs is 1. The van der Waals surface area contributed by atoms with Crippen molar-refractivity contribution in [2.75, 3.05) is 81.9 Å². The van der Waals surface area contributed by atoms with Crippen molar-refractivity contribution < 1.29 is 42.3 Å². The summed E-state index contributed by atoms with van der Waals surface area (Å²) in [6.45, 7) is 4.98. The normalized spacial score (nSPS) is 18.1. The summed E-state index contributed by atoms with van der Waals surface area (Å²) in [7, 11) is 0.701. The Balaban J connectivity index is 0.741. The first kappa shape index (κ1) is 49.8. The van der Waals surface area contributed by atoms with Crippen LogP contribution in [0, 0.1) is 0 Å². The Morgan fingerprint density at radius 3 is 2.35 bits per heavy atom. The SMILES string of the molecule is COc1cc(N2CCC(N3CCN(C(=O)CCCCCCSc4cccc5c4C(=O)N(C4CCC(=O)NC4=O)C5=O)CC3)CC2)ccc1Nc1ncc(Cl)c(Nc2ccccc2P(=O)(OC)OC)n1. The molecule has 0 radical (unpaired) electrons. The van der Waals surface area contributed by atoms with Crippen LogP contribution in [0.2, 0.25) is 5.02 Å². The summed E-state index contributed by atoms with van der Waals surface area (Å²) >= 11 is 8.01. The van der Waals surface area contributed by atoms with Crippen molar-refractivity contribution in [3.63, 3.8) is 0 Å². The first-order chi connectivity index (χ1) is 33.4. The van der Waals surface area contributed by atoms with Crippen LogP contribution in [0.25, 0.3) is 0 Å². The fourth-order valence-corrected chi connectivity index (χ4v) is 11.8. The van der Waals surface area contributed by atoms with Gasteiger partial charge in [0.05, 0.1) is 41.1 Å². The molecular weight excluding hydrogens is 945 g/mol. The average Bonchev–Trinajstić information content (AvgIpc) is 3.63. The molecule has 4 aliphatic rings. The summed E-state index contributed by atoms with van der Waals surface area (Å²) in [5.74, 6) is 0.139. The van der Waals surface area contributed by atoms with Crippen molar-refractivity contribution in [1.82, 2.24) is 30.0 Å². The second kappa shape index (κ2) is 22.5. The van der Waals surface area contributed by atoms with E-state index in [1.54, 1.807) is 43.5 Å². The van der Waals surface area contributed by atoms with Gasteiger partial charge in [-0.1, -0.05) is 42.6 Å². The number of rotatable bonds is 19. The van der Waals surface area contributed by atoms with E-state index >= 15 is 0 Å². The molecule has 5 heterocycles. The standard InChI is InChI=1S/C48H57ClN9O9PS/c1-65-38-29-32(16-17-35(38)52-48-50-30-34(49)44(54-48)51-36-12-7-8-13-39(36)68(64,66-2)67-3)55-22-20-31(21-23-55)56-24-26-57(27-25-56)42(60)15-6-4-5-9-28-69-40-14-10-11-33-43(40)47(63)58(46(33)62)37-18-19-41(59)53-45(37)61/h7-8,10-14,16-17,29-31,37H,4-6,9,15,18-28H2,1-3H3,(H,53,59,61)(H2,50,51,52,54). The van der Waals surface area contributed by atoms with Crippen molar-refractivity contribution >= 4 is 94.6 Å².